The molecule has 6 aliphatic rings. The van der Waals surface area contributed by atoms with Gasteiger partial charge in [-0.1, -0.05) is 20.4 Å². The van der Waals surface area contributed by atoms with E-state index < -0.39 is 70.2 Å². The lowest BCUT2D eigenvalue weighted by molar-refractivity contribution is -0.507. The minimum absolute atomic E-state index is 0.230. The van der Waals surface area contributed by atoms with Crippen molar-refractivity contribution in [3.8, 4) is 0 Å². The molecule has 2 saturated heterocycles. The van der Waals surface area contributed by atoms with E-state index in [-0.39, 0.29) is 5.57 Å². The summed E-state index contributed by atoms with van der Waals surface area (Å²) in [6.07, 6.45) is -3.43. The summed E-state index contributed by atoms with van der Waals surface area (Å²) in [5.41, 5.74) is -3.41. The molecule has 0 aromatic heterocycles. The van der Waals surface area contributed by atoms with Crippen LogP contribution in [-0.2, 0) is 9.53 Å². The standard InChI is InChI=1S/C20H28O7/c1-8-9-4-5-10-18-11(21)6-7-17(2,3)12(18)15(24)20(26,27-16(18)25)19(10,13(8)22)14(9)23/h9-12,14-16,21,23-26H,1,4-7H2,2-3H3/t9-,10-,11+,12+,14+,15-,16-,18-,19-,20-/m0/s1. The second kappa shape index (κ2) is 4.83. The Balaban J connectivity index is 1.84. The van der Waals surface area contributed by atoms with E-state index in [4.69, 9.17) is 4.74 Å². The first-order valence-electron chi connectivity index (χ1n) is 9.85. The van der Waals surface area contributed by atoms with E-state index in [0.29, 0.717) is 25.7 Å². The van der Waals surface area contributed by atoms with Crippen molar-refractivity contribution < 1.29 is 35.1 Å². The summed E-state index contributed by atoms with van der Waals surface area (Å²) in [5.74, 6) is -4.83. The summed E-state index contributed by atoms with van der Waals surface area (Å²) in [5, 5.41) is 56.2. The number of rotatable bonds is 0. The van der Waals surface area contributed by atoms with E-state index >= 15 is 0 Å². The van der Waals surface area contributed by atoms with Gasteiger partial charge in [-0.2, -0.15) is 0 Å². The molecule has 0 unspecified atom stereocenters. The maximum atomic E-state index is 13.4. The molecule has 7 nitrogen and oxygen atoms in total. The Kier molecular flexibility index (Phi) is 3.26. The molecule has 0 amide bonds. The van der Waals surface area contributed by atoms with Crippen LogP contribution in [0.3, 0.4) is 0 Å². The lowest BCUT2D eigenvalue weighted by atomic mass is 9.35. The Hall–Kier alpha value is -0.830. The summed E-state index contributed by atoms with van der Waals surface area (Å²) in [6, 6.07) is 0. The lowest BCUT2D eigenvalue weighted by Crippen LogP contribution is -2.87. The van der Waals surface area contributed by atoms with Crippen LogP contribution in [0.1, 0.15) is 39.5 Å². The number of hydrogen-bond donors (Lipinski definition) is 5. The van der Waals surface area contributed by atoms with Crippen LogP contribution in [0, 0.1) is 34.0 Å². The van der Waals surface area contributed by atoms with Crippen LogP contribution in [0.4, 0.5) is 0 Å². The maximum Gasteiger partial charge on any atom is 0.211 e. The van der Waals surface area contributed by atoms with Gasteiger partial charge in [-0.05, 0) is 42.6 Å². The summed E-state index contributed by atoms with van der Waals surface area (Å²) in [7, 11) is 0. The number of carbonyl (C=O) groups excluding carboxylic acids is 1. The predicted molar refractivity (Wildman–Crippen MR) is 91.8 cm³/mol. The largest absolute Gasteiger partial charge is 0.392 e. The van der Waals surface area contributed by atoms with Gasteiger partial charge in [0.2, 0.25) is 5.79 Å². The normalized spacial score (nSPS) is 60.9. The molecule has 0 aromatic rings. The molecule has 27 heavy (non-hydrogen) atoms. The van der Waals surface area contributed by atoms with E-state index in [1.165, 1.54) is 0 Å². The number of hydrogen-bond acceptors (Lipinski definition) is 7. The second-order valence-electron chi connectivity index (χ2n) is 10.0. The molecule has 6 rings (SSSR count). The van der Waals surface area contributed by atoms with Gasteiger partial charge in [0.1, 0.15) is 11.5 Å². The van der Waals surface area contributed by atoms with Crippen LogP contribution < -0.4 is 0 Å². The summed E-state index contributed by atoms with van der Waals surface area (Å²) in [6.45, 7) is 7.72. The first-order chi connectivity index (χ1) is 12.5. The fourth-order valence-electron chi connectivity index (χ4n) is 7.96. The number of fused-ring (bicyclic) bond motifs is 2. The van der Waals surface area contributed by atoms with Crippen molar-refractivity contribution in [3.63, 3.8) is 0 Å². The Morgan fingerprint density at radius 2 is 1.74 bits per heavy atom. The number of Topliss-reactive ketones (excluding diaryl/α,β-unsaturated/α-hetero) is 1. The molecule has 0 radical (unpaired) electrons. The van der Waals surface area contributed by atoms with Gasteiger partial charge in [0.25, 0.3) is 0 Å². The molecule has 6 fully saturated rings. The average molecular weight is 380 g/mol. The van der Waals surface area contributed by atoms with Crippen molar-refractivity contribution >= 4 is 5.78 Å². The van der Waals surface area contributed by atoms with Crippen LogP contribution in [0.2, 0.25) is 0 Å². The van der Waals surface area contributed by atoms with Crippen molar-refractivity contribution in [2.45, 2.75) is 69.9 Å². The Labute approximate surface area is 157 Å². The molecule has 2 heterocycles. The monoisotopic (exact) mass is 380 g/mol. The first-order valence-corrected chi connectivity index (χ1v) is 9.85. The third kappa shape index (κ3) is 1.52. The topological polar surface area (TPSA) is 127 Å². The quantitative estimate of drug-likeness (QED) is 0.365. The van der Waals surface area contributed by atoms with Crippen molar-refractivity contribution in [1.82, 2.24) is 0 Å². The Morgan fingerprint density at radius 3 is 2.41 bits per heavy atom. The van der Waals surface area contributed by atoms with Gasteiger partial charge in [-0.3, -0.25) is 4.79 Å². The zero-order valence-electron chi connectivity index (χ0n) is 15.6. The van der Waals surface area contributed by atoms with E-state index in [1.807, 2.05) is 13.8 Å². The van der Waals surface area contributed by atoms with Gasteiger partial charge in [0.05, 0.1) is 17.6 Å². The highest BCUT2D eigenvalue weighted by Gasteiger charge is 2.88. The minimum Gasteiger partial charge on any atom is -0.392 e. The highest BCUT2D eigenvalue weighted by molar-refractivity contribution is 6.05. The molecule has 2 aliphatic heterocycles. The van der Waals surface area contributed by atoms with Gasteiger partial charge in [-0.15, -0.1) is 0 Å². The maximum absolute atomic E-state index is 13.4. The number of aliphatic hydroxyl groups excluding tert-OH is 4. The van der Waals surface area contributed by atoms with Crippen molar-refractivity contribution in [2.75, 3.05) is 0 Å². The van der Waals surface area contributed by atoms with Gasteiger partial charge in [0.15, 0.2) is 12.1 Å². The van der Waals surface area contributed by atoms with Crippen LogP contribution >= 0.6 is 0 Å². The minimum atomic E-state index is -2.42. The van der Waals surface area contributed by atoms with Gasteiger partial charge < -0.3 is 30.3 Å². The molecule has 4 bridgehead atoms. The molecule has 10 atom stereocenters. The molecule has 5 N–H and O–H groups in total. The summed E-state index contributed by atoms with van der Waals surface area (Å²) >= 11 is 0. The molecule has 4 saturated carbocycles. The van der Waals surface area contributed by atoms with Gasteiger partial charge in [0, 0.05) is 11.8 Å². The van der Waals surface area contributed by atoms with E-state index in [9.17, 15) is 30.3 Å². The van der Waals surface area contributed by atoms with Crippen LogP contribution in [0.15, 0.2) is 12.2 Å². The number of carbonyl (C=O) groups is 1. The summed E-state index contributed by atoms with van der Waals surface area (Å²) < 4.78 is 5.57. The lowest BCUT2D eigenvalue weighted by Gasteiger charge is -2.75. The van der Waals surface area contributed by atoms with E-state index in [0.717, 1.165) is 0 Å². The predicted octanol–water partition coefficient (Wildman–Crippen LogP) is -0.306. The third-order valence-electron chi connectivity index (χ3n) is 8.93. The Morgan fingerprint density at radius 1 is 1.07 bits per heavy atom. The number of ketones is 1. The highest BCUT2D eigenvalue weighted by atomic mass is 16.7. The SMILES string of the molecule is C=C1C(=O)[C@]23[C@H](O)[C@H]1CC[C@H]2[C@]12[C@H](O)CCC(C)(C)[C@H]1[C@H](O)[C@]3(O)O[C@@H]2O. The fraction of sp³-hybridized carbons (Fsp3) is 0.850. The van der Waals surface area contributed by atoms with Crippen molar-refractivity contribution in [2.24, 2.45) is 34.0 Å². The van der Waals surface area contributed by atoms with Gasteiger partial charge in [-0.25, -0.2) is 0 Å². The molecule has 2 spiro atoms. The van der Waals surface area contributed by atoms with Gasteiger partial charge >= 0.3 is 0 Å². The number of ether oxygens (including phenoxy) is 1. The Bertz CT molecular complexity index is 749. The smallest absolute Gasteiger partial charge is 0.211 e. The molecular weight excluding hydrogens is 352 g/mol. The zero-order valence-corrected chi connectivity index (χ0v) is 15.6. The molecule has 4 aliphatic carbocycles. The molecule has 7 heteroatoms. The van der Waals surface area contributed by atoms with Crippen molar-refractivity contribution in [1.29, 1.82) is 0 Å². The van der Waals surface area contributed by atoms with Crippen LogP contribution in [0.5, 0.6) is 0 Å². The number of aliphatic hydroxyl groups is 5. The van der Waals surface area contributed by atoms with Crippen LogP contribution in [-0.4, -0.2) is 61.7 Å². The molecule has 0 aromatic carbocycles. The fourth-order valence-corrected chi connectivity index (χ4v) is 7.96. The third-order valence-corrected chi connectivity index (χ3v) is 8.93. The van der Waals surface area contributed by atoms with E-state index in [1.54, 1.807) is 0 Å². The first kappa shape index (κ1) is 18.2. The van der Waals surface area contributed by atoms with E-state index in [2.05, 4.69) is 6.58 Å². The molecular formula is C20H28O7. The molecule has 150 valence electrons. The highest BCUT2D eigenvalue weighted by Crippen LogP contribution is 2.77. The summed E-state index contributed by atoms with van der Waals surface area (Å²) in [4.78, 5) is 13.4. The van der Waals surface area contributed by atoms with Crippen molar-refractivity contribution in [3.05, 3.63) is 12.2 Å². The van der Waals surface area contributed by atoms with Crippen LogP contribution in [0.25, 0.3) is 0 Å². The average Bonchev–Trinajstić information content (AvgIpc) is 2.70. The second-order valence-corrected chi connectivity index (χ2v) is 10.0. The zero-order chi connectivity index (χ0) is 19.7.